The molecular weight excluding hydrogens is 214 g/mol. The first kappa shape index (κ1) is 12.9. The second kappa shape index (κ2) is 4.97. The second-order valence-electron chi connectivity index (χ2n) is 5.70. The predicted octanol–water partition coefficient (Wildman–Crippen LogP) is 2.75. The Morgan fingerprint density at radius 1 is 1.24 bits per heavy atom. The summed E-state index contributed by atoms with van der Waals surface area (Å²) in [5.41, 5.74) is -0.561. The number of carboxylic acids is 1. The molecular formula is C14H25NO2. The van der Waals surface area contributed by atoms with Gasteiger partial charge in [0, 0.05) is 0 Å². The summed E-state index contributed by atoms with van der Waals surface area (Å²) in [5.74, 6) is 0.914. The molecule has 3 nitrogen and oxygen atoms in total. The SMILES string of the molecule is CCN(CC)C1(C(=O)O)CCCC(C2CC2)C1. The van der Waals surface area contributed by atoms with Crippen molar-refractivity contribution in [1.82, 2.24) is 4.90 Å². The summed E-state index contributed by atoms with van der Waals surface area (Å²) in [7, 11) is 0. The number of carboxylic acid groups (broad SMARTS) is 1. The van der Waals surface area contributed by atoms with Gasteiger partial charge >= 0.3 is 5.97 Å². The van der Waals surface area contributed by atoms with Gasteiger partial charge in [-0.15, -0.1) is 0 Å². The summed E-state index contributed by atoms with van der Waals surface area (Å²) in [4.78, 5) is 14.0. The standard InChI is InChI=1S/C14H25NO2/c1-3-15(4-2)14(13(16)17)9-5-6-12(10-14)11-7-8-11/h11-12H,3-10H2,1-2H3,(H,16,17). The Labute approximate surface area is 104 Å². The highest BCUT2D eigenvalue weighted by Crippen LogP contribution is 2.48. The van der Waals surface area contributed by atoms with Gasteiger partial charge in [0.2, 0.25) is 0 Å². The van der Waals surface area contributed by atoms with Gasteiger partial charge in [0.15, 0.2) is 0 Å². The Balaban J connectivity index is 2.16. The van der Waals surface area contributed by atoms with Gasteiger partial charge in [0.1, 0.15) is 5.54 Å². The summed E-state index contributed by atoms with van der Waals surface area (Å²) in [5, 5.41) is 9.70. The normalized spacial score (nSPS) is 33.9. The number of nitrogens with zero attached hydrogens (tertiary/aromatic N) is 1. The Kier molecular flexibility index (Phi) is 3.76. The molecule has 0 aromatic carbocycles. The van der Waals surface area contributed by atoms with Crippen molar-refractivity contribution in [3.8, 4) is 0 Å². The topological polar surface area (TPSA) is 40.5 Å². The first-order chi connectivity index (χ1) is 8.14. The Hall–Kier alpha value is -0.570. The molecule has 0 amide bonds. The lowest BCUT2D eigenvalue weighted by atomic mass is 9.72. The number of aliphatic carboxylic acids is 1. The van der Waals surface area contributed by atoms with Crippen molar-refractivity contribution < 1.29 is 9.90 Å². The van der Waals surface area contributed by atoms with Gasteiger partial charge in [-0.3, -0.25) is 9.69 Å². The molecule has 0 aromatic rings. The van der Waals surface area contributed by atoms with Crippen LogP contribution in [0.25, 0.3) is 0 Å². The number of rotatable bonds is 5. The monoisotopic (exact) mass is 239 g/mol. The fourth-order valence-corrected chi connectivity index (χ4v) is 3.71. The third-order valence-corrected chi connectivity index (χ3v) is 4.82. The second-order valence-corrected chi connectivity index (χ2v) is 5.70. The predicted molar refractivity (Wildman–Crippen MR) is 68.0 cm³/mol. The van der Waals surface area contributed by atoms with Crippen LogP contribution in [0.3, 0.4) is 0 Å². The summed E-state index contributed by atoms with van der Waals surface area (Å²) in [6.45, 7) is 5.85. The molecule has 3 heteroatoms. The molecule has 2 rings (SSSR count). The van der Waals surface area contributed by atoms with Crippen LogP contribution in [0.4, 0.5) is 0 Å². The van der Waals surface area contributed by atoms with Crippen LogP contribution in [0.1, 0.15) is 52.4 Å². The van der Waals surface area contributed by atoms with E-state index < -0.39 is 11.5 Å². The maximum atomic E-state index is 11.8. The van der Waals surface area contributed by atoms with Crippen LogP contribution >= 0.6 is 0 Å². The van der Waals surface area contributed by atoms with Crippen LogP contribution in [-0.2, 0) is 4.79 Å². The number of carbonyl (C=O) groups is 1. The highest BCUT2D eigenvalue weighted by molar-refractivity contribution is 5.79. The van der Waals surface area contributed by atoms with Gasteiger partial charge in [-0.25, -0.2) is 0 Å². The lowest BCUT2D eigenvalue weighted by Crippen LogP contribution is -2.57. The van der Waals surface area contributed by atoms with Crippen molar-refractivity contribution in [1.29, 1.82) is 0 Å². The molecule has 2 aliphatic rings. The van der Waals surface area contributed by atoms with E-state index in [0.717, 1.165) is 38.3 Å². The van der Waals surface area contributed by atoms with E-state index in [1.807, 2.05) is 0 Å². The number of hydrogen-bond donors (Lipinski definition) is 1. The minimum absolute atomic E-state index is 0.561. The van der Waals surface area contributed by atoms with E-state index in [4.69, 9.17) is 0 Å². The third-order valence-electron chi connectivity index (χ3n) is 4.82. The van der Waals surface area contributed by atoms with E-state index in [1.165, 1.54) is 19.3 Å². The van der Waals surface area contributed by atoms with E-state index in [0.29, 0.717) is 5.92 Å². The molecule has 0 bridgehead atoms. The third kappa shape index (κ3) is 2.35. The first-order valence-corrected chi connectivity index (χ1v) is 7.12. The minimum atomic E-state index is -0.591. The van der Waals surface area contributed by atoms with E-state index in [2.05, 4.69) is 18.7 Å². The first-order valence-electron chi connectivity index (χ1n) is 7.12. The molecule has 2 aliphatic carbocycles. The van der Waals surface area contributed by atoms with Gasteiger partial charge in [-0.2, -0.15) is 0 Å². The Morgan fingerprint density at radius 3 is 2.35 bits per heavy atom. The molecule has 0 saturated heterocycles. The van der Waals surface area contributed by atoms with E-state index >= 15 is 0 Å². The van der Waals surface area contributed by atoms with E-state index in [9.17, 15) is 9.90 Å². The summed E-state index contributed by atoms with van der Waals surface area (Å²) in [6, 6.07) is 0. The fraction of sp³-hybridized carbons (Fsp3) is 0.929. The highest BCUT2D eigenvalue weighted by Gasteiger charge is 2.49. The average molecular weight is 239 g/mol. The molecule has 0 aromatic heterocycles. The van der Waals surface area contributed by atoms with Crippen LogP contribution in [0, 0.1) is 11.8 Å². The van der Waals surface area contributed by atoms with Crippen LogP contribution in [0.5, 0.6) is 0 Å². The molecule has 0 spiro atoms. The fourth-order valence-electron chi connectivity index (χ4n) is 3.71. The van der Waals surface area contributed by atoms with Crippen molar-refractivity contribution in [2.45, 2.75) is 57.9 Å². The highest BCUT2D eigenvalue weighted by atomic mass is 16.4. The summed E-state index contributed by atoms with van der Waals surface area (Å²) >= 11 is 0. The Morgan fingerprint density at radius 2 is 1.88 bits per heavy atom. The van der Waals surface area contributed by atoms with Crippen LogP contribution in [0.15, 0.2) is 0 Å². The van der Waals surface area contributed by atoms with Gasteiger partial charge in [-0.1, -0.05) is 26.7 Å². The molecule has 0 aliphatic heterocycles. The van der Waals surface area contributed by atoms with Crippen molar-refractivity contribution in [2.75, 3.05) is 13.1 Å². The molecule has 2 unspecified atom stereocenters. The molecule has 17 heavy (non-hydrogen) atoms. The van der Waals surface area contributed by atoms with Crippen LogP contribution in [0.2, 0.25) is 0 Å². The zero-order chi connectivity index (χ0) is 12.5. The van der Waals surface area contributed by atoms with Gasteiger partial charge in [-0.05, 0) is 50.6 Å². The molecule has 0 radical (unpaired) electrons. The summed E-state index contributed by atoms with van der Waals surface area (Å²) < 4.78 is 0. The van der Waals surface area contributed by atoms with Gasteiger partial charge < -0.3 is 5.11 Å². The van der Waals surface area contributed by atoms with Gasteiger partial charge in [0.25, 0.3) is 0 Å². The minimum Gasteiger partial charge on any atom is -0.480 e. The lowest BCUT2D eigenvalue weighted by Gasteiger charge is -2.45. The Bertz CT molecular complexity index is 284. The molecule has 98 valence electrons. The van der Waals surface area contributed by atoms with Crippen molar-refractivity contribution in [2.24, 2.45) is 11.8 Å². The average Bonchev–Trinajstić information content (AvgIpc) is 3.14. The maximum absolute atomic E-state index is 11.8. The molecule has 2 fully saturated rings. The van der Waals surface area contributed by atoms with Crippen molar-refractivity contribution >= 4 is 5.97 Å². The number of likely N-dealkylation sites (N-methyl/N-ethyl adjacent to an activating group) is 1. The number of hydrogen-bond acceptors (Lipinski definition) is 2. The van der Waals surface area contributed by atoms with Crippen molar-refractivity contribution in [3.63, 3.8) is 0 Å². The van der Waals surface area contributed by atoms with E-state index in [-0.39, 0.29) is 0 Å². The van der Waals surface area contributed by atoms with Crippen LogP contribution in [-0.4, -0.2) is 34.6 Å². The van der Waals surface area contributed by atoms with Crippen LogP contribution < -0.4 is 0 Å². The summed E-state index contributed by atoms with van der Waals surface area (Å²) in [6.07, 6.45) is 6.73. The zero-order valence-corrected chi connectivity index (χ0v) is 11.1. The zero-order valence-electron chi connectivity index (χ0n) is 11.1. The molecule has 0 heterocycles. The lowest BCUT2D eigenvalue weighted by molar-refractivity contribution is -0.155. The van der Waals surface area contributed by atoms with Crippen molar-refractivity contribution in [3.05, 3.63) is 0 Å². The maximum Gasteiger partial charge on any atom is 0.324 e. The quantitative estimate of drug-likeness (QED) is 0.802. The van der Waals surface area contributed by atoms with E-state index in [1.54, 1.807) is 0 Å². The smallest absolute Gasteiger partial charge is 0.324 e. The molecule has 2 saturated carbocycles. The van der Waals surface area contributed by atoms with Gasteiger partial charge in [0.05, 0.1) is 0 Å². The largest absolute Gasteiger partial charge is 0.480 e. The molecule has 1 N–H and O–H groups in total. The molecule has 2 atom stereocenters.